The highest BCUT2D eigenvalue weighted by atomic mass is 79.9. The normalized spacial score (nSPS) is 19.9. The molecule has 0 amide bonds. The highest BCUT2D eigenvalue weighted by Gasteiger charge is 2.24. The van der Waals surface area contributed by atoms with E-state index in [4.69, 9.17) is 0 Å². The van der Waals surface area contributed by atoms with Crippen molar-refractivity contribution >= 4 is 21.6 Å². The molecule has 2 rings (SSSR count). The predicted octanol–water partition coefficient (Wildman–Crippen LogP) is 3.47. The van der Waals surface area contributed by atoms with Crippen molar-refractivity contribution in [2.75, 3.05) is 18.0 Å². The Labute approximate surface area is 117 Å². The van der Waals surface area contributed by atoms with Gasteiger partial charge in [-0.2, -0.15) is 0 Å². The van der Waals surface area contributed by atoms with E-state index in [1.807, 2.05) is 13.0 Å². The first kappa shape index (κ1) is 13.8. The largest absolute Gasteiger partial charge is 0.370 e. The Morgan fingerprint density at radius 2 is 2.17 bits per heavy atom. The average Bonchev–Trinajstić information content (AvgIpc) is 2.70. The summed E-state index contributed by atoms with van der Waals surface area (Å²) in [6.45, 7) is 8.33. The molecular formula is C14H20BrFN2. The maximum Gasteiger partial charge on any atom is 0.137 e. The summed E-state index contributed by atoms with van der Waals surface area (Å²) in [4.78, 5) is 2.33. The highest BCUT2D eigenvalue weighted by molar-refractivity contribution is 9.10. The van der Waals surface area contributed by atoms with Gasteiger partial charge < -0.3 is 10.2 Å². The summed E-state index contributed by atoms with van der Waals surface area (Å²) in [5, 5.41) is 3.56. The van der Waals surface area contributed by atoms with E-state index in [1.54, 1.807) is 6.07 Å². The van der Waals surface area contributed by atoms with Crippen LogP contribution in [0.2, 0.25) is 0 Å². The number of benzene rings is 1. The number of halogens is 2. The number of nitrogens with zero attached hydrogens (tertiary/aromatic N) is 1. The van der Waals surface area contributed by atoms with Gasteiger partial charge in [-0.05, 0) is 47.0 Å². The van der Waals surface area contributed by atoms with E-state index in [1.165, 1.54) is 0 Å². The second-order valence-electron chi connectivity index (χ2n) is 5.31. The molecule has 1 aliphatic heterocycles. The van der Waals surface area contributed by atoms with Gasteiger partial charge in [-0.3, -0.25) is 0 Å². The lowest BCUT2D eigenvalue weighted by atomic mass is 10.2. The van der Waals surface area contributed by atoms with E-state index in [-0.39, 0.29) is 5.82 Å². The van der Waals surface area contributed by atoms with E-state index in [0.29, 0.717) is 16.6 Å². The monoisotopic (exact) mass is 314 g/mol. The second kappa shape index (κ2) is 5.57. The number of aryl methyl sites for hydroxylation is 1. The molecule has 1 saturated heterocycles. The van der Waals surface area contributed by atoms with Crippen molar-refractivity contribution in [3.63, 3.8) is 0 Å². The van der Waals surface area contributed by atoms with Crippen molar-refractivity contribution in [2.24, 2.45) is 0 Å². The van der Waals surface area contributed by atoms with Crippen LogP contribution in [-0.4, -0.2) is 25.2 Å². The maximum atomic E-state index is 13.4. The zero-order valence-electron chi connectivity index (χ0n) is 11.1. The van der Waals surface area contributed by atoms with Gasteiger partial charge in [-0.25, -0.2) is 4.39 Å². The lowest BCUT2D eigenvalue weighted by Crippen LogP contribution is -2.37. The zero-order chi connectivity index (χ0) is 13.3. The standard InChI is InChI=1S/C14H20BrFN2/c1-9(2)17-11-4-5-18(8-11)14-7-12(15)13(16)6-10(14)3/h6-7,9,11,17H,4-5,8H2,1-3H3. The van der Waals surface area contributed by atoms with Crippen LogP contribution in [0.3, 0.4) is 0 Å². The fourth-order valence-corrected chi connectivity index (χ4v) is 2.89. The summed E-state index contributed by atoms with van der Waals surface area (Å²) < 4.78 is 14.0. The third kappa shape index (κ3) is 3.04. The number of hydrogen-bond donors (Lipinski definition) is 1. The van der Waals surface area contributed by atoms with Gasteiger partial charge in [0.1, 0.15) is 5.82 Å². The number of nitrogens with one attached hydrogen (secondary N) is 1. The molecule has 1 heterocycles. The van der Waals surface area contributed by atoms with Gasteiger partial charge in [0.2, 0.25) is 0 Å². The van der Waals surface area contributed by atoms with E-state index in [9.17, 15) is 4.39 Å². The van der Waals surface area contributed by atoms with Crippen LogP contribution in [0, 0.1) is 12.7 Å². The molecule has 18 heavy (non-hydrogen) atoms. The molecule has 1 fully saturated rings. The SMILES string of the molecule is Cc1cc(F)c(Br)cc1N1CCC(NC(C)C)C1. The van der Waals surface area contributed by atoms with Gasteiger partial charge in [0.05, 0.1) is 4.47 Å². The third-order valence-electron chi connectivity index (χ3n) is 3.34. The Morgan fingerprint density at radius 3 is 2.83 bits per heavy atom. The first-order valence-electron chi connectivity index (χ1n) is 6.44. The van der Waals surface area contributed by atoms with Gasteiger partial charge in [0.25, 0.3) is 0 Å². The smallest absolute Gasteiger partial charge is 0.137 e. The van der Waals surface area contributed by atoms with Crippen molar-refractivity contribution < 1.29 is 4.39 Å². The molecule has 0 spiro atoms. The molecule has 100 valence electrons. The minimum atomic E-state index is -0.188. The summed E-state index contributed by atoms with van der Waals surface area (Å²) in [5.74, 6) is -0.188. The highest BCUT2D eigenvalue weighted by Crippen LogP contribution is 2.29. The van der Waals surface area contributed by atoms with Crippen LogP contribution < -0.4 is 10.2 Å². The van der Waals surface area contributed by atoms with Gasteiger partial charge in [-0.15, -0.1) is 0 Å². The van der Waals surface area contributed by atoms with Crippen LogP contribution >= 0.6 is 15.9 Å². The topological polar surface area (TPSA) is 15.3 Å². The van der Waals surface area contributed by atoms with Crippen molar-refractivity contribution in [1.29, 1.82) is 0 Å². The number of hydrogen-bond acceptors (Lipinski definition) is 2. The Bertz CT molecular complexity index is 434. The van der Waals surface area contributed by atoms with E-state index < -0.39 is 0 Å². The summed E-state index contributed by atoms with van der Waals surface area (Å²) in [6, 6.07) is 4.54. The quantitative estimate of drug-likeness (QED) is 0.919. The molecule has 1 aliphatic rings. The molecule has 2 nitrogen and oxygen atoms in total. The lowest BCUT2D eigenvalue weighted by Gasteiger charge is -2.22. The van der Waals surface area contributed by atoms with Crippen molar-refractivity contribution in [2.45, 2.75) is 39.3 Å². The number of rotatable bonds is 3. The molecule has 1 aromatic rings. The zero-order valence-corrected chi connectivity index (χ0v) is 12.7. The first-order valence-corrected chi connectivity index (χ1v) is 7.23. The Balaban J connectivity index is 2.12. The molecule has 1 unspecified atom stereocenters. The Hall–Kier alpha value is -0.610. The third-order valence-corrected chi connectivity index (χ3v) is 3.94. The van der Waals surface area contributed by atoms with Crippen molar-refractivity contribution in [1.82, 2.24) is 5.32 Å². The van der Waals surface area contributed by atoms with Crippen LogP contribution in [-0.2, 0) is 0 Å². The Morgan fingerprint density at radius 1 is 1.44 bits per heavy atom. The molecule has 0 bridgehead atoms. The summed E-state index contributed by atoms with van der Waals surface area (Å²) in [7, 11) is 0. The van der Waals surface area contributed by atoms with Gasteiger partial charge in [0.15, 0.2) is 0 Å². The predicted molar refractivity (Wildman–Crippen MR) is 77.7 cm³/mol. The molecule has 0 aromatic heterocycles. The van der Waals surface area contributed by atoms with Gasteiger partial charge in [0, 0.05) is 30.9 Å². The summed E-state index contributed by atoms with van der Waals surface area (Å²) >= 11 is 3.27. The maximum absolute atomic E-state index is 13.4. The molecule has 1 atom stereocenters. The van der Waals surface area contributed by atoms with E-state index in [2.05, 4.69) is 40.0 Å². The van der Waals surface area contributed by atoms with E-state index >= 15 is 0 Å². The fraction of sp³-hybridized carbons (Fsp3) is 0.571. The fourth-order valence-electron chi connectivity index (χ4n) is 2.56. The van der Waals surface area contributed by atoms with Crippen LogP contribution in [0.15, 0.2) is 16.6 Å². The van der Waals surface area contributed by atoms with Crippen LogP contribution in [0.25, 0.3) is 0 Å². The van der Waals surface area contributed by atoms with Crippen molar-refractivity contribution in [3.05, 3.63) is 28.0 Å². The molecule has 4 heteroatoms. The first-order chi connectivity index (χ1) is 8.47. The summed E-state index contributed by atoms with van der Waals surface area (Å²) in [5.41, 5.74) is 2.14. The molecule has 0 aliphatic carbocycles. The van der Waals surface area contributed by atoms with Gasteiger partial charge in [-0.1, -0.05) is 13.8 Å². The minimum Gasteiger partial charge on any atom is -0.370 e. The molecule has 1 aromatic carbocycles. The molecule has 1 N–H and O–H groups in total. The van der Waals surface area contributed by atoms with Crippen molar-refractivity contribution in [3.8, 4) is 0 Å². The average molecular weight is 315 g/mol. The minimum absolute atomic E-state index is 0.188. The summed E-state index contributed by atoms with van der Waals surface area (Å²) in [6.07, 6.45) is 1.15. The van der Waals surface area contributed by atoms with Crippen LogP contribution in [0.1, 0.15) is 25.8 Å². The number of anilines is 1. The Kier molecular flexibility index (Phi) is 4.28. The van der Waals surface area contributed by atoms with E-state index in [0.717, 1.165) is 30.8 Å². The lowest BCUT2D eigenvalue weighted by molar-refractivity contribution is 0.492. The van der Waals surface area contributed by atoms with Gasteiger partial charge >= 0.3 is 0 Å². The molecule has 0 radical (unpaired) electrons. The molecular weight excluding hydrogens is 295 g/mol. The second-order valence-corrected chi connectivity index (χ2v) is 6.16. The van der Waals surface area contributed by atoms with Crippen LogP contribution in [0.5, 0.6) is 0 Å². The molecule has 0 saturated carbocycles. The van der Waals surface area contributed by atoms with Crippen LogP contribution in [0.4, 0.5) is 10.1 Å².